The van der Waals surface area contributed by atoms with Crippen molar-refractivity contribution in [2.24, 2.45) is 0 Å². The highest BCUT2D eigenvalue weighted by Gasteiger charge is 2.27. The van der Waals surface area contributed by atoms with E-state index in [1.165, 1.54) is 0 Å². The summed E-state index contributed by atoms with van der Waals surface area (Å²) in [5, 5.41) is 0. The molecule has 0 aliphatic heterocycles. The minimum atomic E-state index is -4.34. The lowest BCUT2D eigenvalue weighted by Crippen LogP contribution is -2.37. The maximum absolute atomic E-state index is 12.4. The third-order valence-electron chi connectivity index (χ3n) is 5.81. The molecule has 1 unspecified atom stereocenters. The molecule has 0 aromatic heterocycles. The van der Waals surface area contributed by atoms with Gasteiger partial charge >= 0.3 is 19.8 Å². The van der Waals surface area contributed by atoms with Crippen molar-refractivity contribution in [2.45, 2.75) is 110 Å². The number of hydrogen-bond acceptors (Lipinski definition) is 7. The Balaban J connectivity index is 4.58. The maximum Gasteiger partial charge on any atom is 0.472 e. The van der Waals surface area contributed by atoms with Crippen LogP contribution < -0.4 is 0 Å². The zero-order chi connectivity index (χ0) is 28.7. The standard InChI is InChI=1S/C28H54NO8P/c1-6-8-10-12-13-14-15-17-19-21-28(31)37-26(24-34-27(30)20-18-16-11-9-7-2)25-36-38(32,33)35-23-22-29(3,4)5/h8,10,26H,6-7,9,11-25H2,1-5H3/p+1/b10-8-/t26-/m0/s1. The van der Waals surface area contributed by atoms with Crippen LogP contribution in [0.3, 0.4) is 0 Å². The third kappa shape index (κ3) is 25.1. The van der Waals surface area contributed by atoms with Crippen LogP contribution in [0.5, 0.6) is 0 Å². The number of carbonyl (C=O) groups excluding carboxylic acids is 2. The van der Waals surface area contributed by atoms with Crippen LogP contribution in [0.1, 0.15) is 104 Å². The van der Waals surface area contributed by atoms with Crippen molar-refractivity contribution in [1.82, 2.24) is 0 Å². The first-order chi connectivity index (χ1) is 18.0. The fraction of sp³-hybridized carbons (Fsp3) is 0.857. The molecule has 0 bridgehead atoms. The molecular weight excluding hydrogens is 509 g/mol. The smallest absolute Gasteiger partial charge is 0.462 e. The Morgan fingerprint density at radius 2 is 1.42 bits per heavy atom. The molecule has 0 radical (unpaired) electrons. The number of carbonyl (C=O) groups is 2. The topological polar surface area (TPSA) is 108 Å². The molecular formula is C28H55NO8P+. The van der Waals surface area contributed by atoms with E-state index < -0.39 is 26.5 Å². The highest BCUT2D eigenvalue weighted by molar-refractivity contribution is 7.47. The SMILES string of the molecule is CC/C=C\CCCCCCCC(=O)O[C@@H](COC(=O)CCCCCCC)COP(=O)(O)OCC[N+](C)(C)C. The quantitative estimate of drug-likeness (QED) is 0.0450. The number of unbranched alkanes of at least 4 members (excludes halogenated alkanes) is 9. The minimum Gasteiger partial charge on any atom is -0.462 e. The highest BCUT2D eigenvalue weighted by atomic mass is 31.2. The second-order valence-electron chi connectivity index (χ2n) is 10.8. The number of phosphoric acid groups is 1. The maximum atomic E-state index is 12.4. The average Bonchev–Trinajstić information content (AvgIpc) is 2.83. The molecule has 0 aromatic rings. The van der Waals surface area contributed by atoms with Crippen LogP contribution in [-0.2, 0) is 32.7 Å². The summed E-state index contributed by atoms with van der Waals surface area (Å²) in [7, 11) is 1.46. The van der Waals surface area contributed by atoms with Gasteiger partial charge in [-0.1, -0.05) is 70.9 Å². The van der Waals surface area contributed by atoms with Crippen LogP contribution in [0.15, 0.2) is 12.2 Å². The van der Waals surface area contributed by atoms with Gasteiger partial charge in [0, 0.05) is 12.8 Å². The van der Waals surface area contributed by atoms with Crippen LogP contribution in [0.25, 0.3) is 0 Å². The summed E-state index contributed by atoms with van der Waals surface area (Å²) in [6.07, 6.45) is 16.0. The molecule has 10 heteroatoms. The third-order valence-corrected chi connectivity index (χ3v) is 6.79. The Bertz CT molecular complexity index is 693. The Morgan fingerprint density at radius 1 is 0.816 bits per heavy atom. The first kappa shape index (κ1) is 36.8. The Morgan fingerprint density at radius 3 is 2.05 bits per heavy atom. The van der Waals surface area contributed by atoms with Crippen LogP contribution >= 0.6 is 7.82 Å². The molecule has 0 aromatic carbocycles. The fourth-order valence-corrected chi connectivity index (χ4v) is 4.22. The molecule has 0 saturated carbocycles. The summed E-state index contributed by atoms with van der Waals surface area (Å²) in [5.74, 6) is -0.832. The van der Waals surface area contributed by atoms with Gasteiger partial charge in [0.2, 0.25) is 0 Å². The van der Waals surface area contributed by atoms with Gasteiger partial charge in [-0.15, -0.1) is 0 Å². The lowest BCUT2D eigenvalue weighted by atomic mass is 10.1. The van der Waals surface area contributed by atoms with Gasteiger partial charge in [-0.3, -0.25) is 18.6 Å². The Labute approximate surface area is 231 Å². The van der Waals surface area contributed by atoms with Gasteiger partial charge in [-0.25, -0.2) is 4.57 Å². The highest BCUT2D eigenvalue weighted by Crippen LogP contribution is 2.43. The van der Waals surface area contributed by atoms with Gasteiger partial charge in [-0.05, 0) is 32.1 Å². The number of quaternary nitrogens is 1. The zero-order valence-electron chi connectivity index (χ0n) is 24.7. The number of likely N-dealkylation sites (N-methyl/N-ethyl adjacent to an activating group) is 1. The van der Waals surface area contributed by atoms with E-state index >= 15 is 0 Å². The number of esters is 2. The summed E-state index contributed by atoms with van der Waals surface area (Å²) < 4.78 is 33.6. The van der Waals surface area contributed by atoms with Crippen LogP contribution in [0.4, 0.5) is 0 Å². The van der Waals surface area contributed by atoms with Crippen molar-refractivity contribution >= 4 is 19.8 Å². The molecule has 0 fully saturated rings. The van der Waals surface area contributed by atoms with Crippen molar-refractivity contribution in [3.05, 3.63) is 12.2 Å². The number of phosphoric ester groups is 1. The predicted molar refractivity (Wildman–Crippen MR) is 151 cm³/mol. The number of allylic oxidation sites excluding steroid dienone is 2. The van der Waals surface area contributed by atoms with Crippen molar-refractivity contribution in [2.75, 3.05) is 47.5 Å². The molecule has 0 rings (SSSR count). The van der Waals surface area contributed by atoms with Gasteiger partial charge in [0.05, 0.1) is 27.7 Å². The lowest BCUT2D eigenvalue weighted by Gasteiger charge is -2.24. The molecule has 0 heterocycles. The van der Waals surface area contributed by atoms with Crippen molar-refractivity contribution in [3.63, 3.8) is 0 Å². The summed E-state index contributed by atoms with van der Waals surface area (Å²) in [6, 6.07) is 0. The van der Waals surface area contributed by atoms with E-state index in [0.29, 0.717) is 17.4 Å². The van der Waals surface area contributed by atoms with Crippen LogP contribution in [0.2, 0.25) is 0 Å². The first-order valence-corrected chi connectivity index (χ1v) is 15.9. The Hall–Kier alpha value is -1.25. The van der Waals surface area contributed by atoms with E-state index in [1.54, 1.807) is 0 Å². The second kappa shape index (κ2) is 22.6. The number of ether oxygens (including phenoxy) is 2. The molecule has 38 heavy (non-hydrogen) atoms. The molecule has 9 nitrogen and oxygen atoms in total. The average molecular weight is 565 g/mol. The van der Waals surface area contributed by atoms with Gasteiger partial charge in [-0.2, -0.15) is 0 Å². The van der Waals surface area contributed by atoms with Crippen molar-refractivity contribution in [3.8, 4) is 0 Å². The Kier molecular flexibility index (Phi) is 21.8. The second-order valence-corrected chi connectivity index (χ2v) is 12.2. The summed E-state index contributed by atoms with van der Waals surface area (Å²) in [6.45, 7) is 4.16. The van der Waals surface area contributed by atoms with E-state index in [-0.39, 0.29) is 32.0 Å². The first-order valence-electron chi connectivity index (χ1n) is 14.4. The minimum absolute atomic E-state index is 0.0314. The summed E-state index contributed by atoms with van der Waals surface area (Å²) in [5.41, 5.74) is 0. The molecule has 0 saturated heterocycles. The monoisotopic (exact) mass is 564 g/mol. The van der Waals surface area contributed by atoms with Crippen LogP contribution in [0, 0.1) is 0 Å². The largest absolute Gasteiger partial charge is 0.472 e. The molecule has 0 spiro atoms. The van der Waals surface area contributed by atoms with Gasteiger partial charge in [0.25, 0.3) is 0 Å². The number of hydrogen-bond donors (Lipinski definition) is 1. The van der Waals surface area contributed by atoms with Crippen molar-refractivity contribution < 1.29 is 42.1 Å². The fourth-order valence-electron chi connectivity index (χ4n) is 3.48. The van der Waals surface area contributed by atoms with E-state index in [9.17, 15) is 19.0 Å². The predicted octanol–water partition coefficient (Wildman–Crippen LogP) is 6.34. The summed E-state index contributed by atoms with van der Waals surface area (Å²) in [4.78, 5) is 34.5. The normalized spacial score (nSPS) is 14.4. The molecule has 0 amide bonds. The molecule has 224 valence electrons. The van der Waals surface area contributed by atoms with E-state index in [2.05, 4.69) is 26.0 Å². The number of rotatable bonds is 25. The van der Waals surface area contributed by atoms with E-state index in [4.69, 9.17) is 18.5 Å². The molecule has 1 N–H and O–H groups in total. The zero-order valence-corrected chi connectivity index (χ0v) is 25.6. The van der Waals surface area contributed by atoms with E-state index in [0.717, 1.165) is 70.6 Å². The lowest BCUT2D eigenvalue weighted by molar-refractivity contribution is -0.870. The van der Waals surface area contributed by atoms with Crippen molar-refractivity contribution in [1.29, 1.82) is 0 Å². The molecule has 0 aliphatic carbocycles. The van der Waals surface area contributed by atoms with Gasteiger partial charge < -0.3 is 18.9 Å². The van der Waals surface area contributed by atoms with Gasteiger partial charge in [0.1, 0.15) is 19.8 Å². The summed E-state index contributed by atoms with van der Waals surface area (Å²) >= 11 is 0. The van der Waals surface area contributed by atoms with Crippen LogP contribution in [-0.4, -0.2) is 74.9 Å². The number of nitrogens with zero attached hydrogens (tertiary/aromatic N) is 1. The molecule has 0 aliphatic rings. The van der Waals surface area contributed by atoms with E-state index in [1.807, 2.05) is 21.1 Å². The van der Waals surface area contributed by atoms with Gasteiger partial charge in [0.15, 0.2) is 6.10 Å². The molecule has 2 atom stereocenters.